The summed E-state index contributed by atoms with van der Waals surface area (Å²) in [5.74, 6) is 0. The van der Waals surface area contributed by atoms with Crippen LogP contribution in [0.25, 0.3) is 11.1 Å². The Hall–Kier alpha value is -0.600. The predicted octanol–water partition coefficient (Wildman–Crippen LogP) is -1.11. The summed E-state index contributed by atoms with van der Waals surface area (Å²) in [4.78, 5) is 0. The molecule has 96 valence electrons. The number of hydrogen-bond acceptors (Lipinski definition) is 0. The third-order valence-electron chi connectivity index (χ3n) is 3.17. The molecular formula is C20H14Na2. The van der Waals surface area contributed by atoms with Crippen LogP contribution in [0.15, 0.2) is 85.0 Å². The molecule has 22 heavy (non-hydrogen) atoms. The van der Waals surface area contributed by atoms with Gasteiger partial charge in [-0.2, -0.15) is 36.5 Å². The van der Waals surface area contributed by atoms with Crippen molar-refractivity contribution in [2.45, 2.75) is 0 Å². The molecule has 0 saturated heterocycles. The van der Waals surface area contributed by atoms with Crippen LogP contribution in [-0.2, 0) is 0 Å². The van der Waals surface area contributed by atoms with E-state index >= 15 is 0 Å². The maximum absolute atomic E-state index is 3.26. The second kappa shape index (κ2) is 10.2. The first-order valence-electron chi connectivity index (χ1n) is 6.63. The monoisotopic (exact) mass is 300 g/mol. The van der Waals surface area contributed by atoms with E-state index in [-0.39, 0.29) is 59.1 Å². The van der Waals surface area contributed by atoms with Crippen molar-refractivity contribution >= 4 is 11.1 Å². The zero-order chi connectivity index (χ0) is 13.6. The van der Waals surface area contributed by atoms with Gasteiger partial charge in [0, 0.05) is 0 Å². The summed E-state index contributed by atoms with van der Waals surface area (Å²) in [6.07, 6.45) is 14.5. The van der Waals surface area contributed by atoms with Crippen molar-refractivity contribution in [1.29, 1.82) is 0 Å². The van der Waals surface area contributed by atoms with E-state index in [2.05, 4.69) is 36.4 Å². The van der Waals surface area contributed by atoms with Gasteiger partial charge < -0.3 is 0 Å². The molecule has 1 aliphatic rings. The fourth-order valence-corrected chi connectivity index (χ4v) is 2.12. The molecule has 2 aromatic carbocycles. The van der Waals surface area contributed by atoms with Gasteiger partial charge in [0.1, 0.15) is 0 Å². The molecule has 1 aliphatic carbocycles. The molecule has 0 saturated carbocycles. The molecule has 0 aromatic heterocycles. The molecule has 0 spiro atoms. The Morgan fingerprint density at radius 2 is 0.864 bits per heavy atom. The first-order chi connectivity index (χ1) is 9.93. The third kappa shape index (κ3) is 5.24. The molecule has 0 unspecified atom stereocenters. The summed E-state index contributed by atoms with van der Waals surface area (Å²) in [5.41, 5.74) is 4.59. The van der Waals surface area contributed by atoms with Crippen LogP contribution < -0.4 is 59.1 Å². The molecule has 2 heteroatoms. The van der Waals surface area contributed by atoms with Crippen LogP contribution in [0.3, 0.4) is 0 Å². The molecule has 0 heterocycles. The van der Waals surface area contributed by atoms with Gasteiger partial charge in [0.15, 0.2) is 0 Å². The van der Waals surface area contributed by atoms with Crippen molar-refractivity contribution < 1.29 is 59.1 Å². The summed E-state index contributed by atoms with van der Waals surface area (Å²) >= 11 is 0. The Kier molecular flexibility index (Phi) is 9.04. The number of benzene rings is 2. The molecular weight excluding hydrogens is 286 g/mol. The Morgan fingerprint density at radius 3 is 1.23 bits per heavy atom. The molecule has 0 bridgehead atoms. The zero-order valence-electron chi connectivity index (χ0n) is 13.1. The first kappa shape index (κ1) is 19.4. The molecule has 0 atom stereocenters. The van der Waals surface area contributed by atoms with E-state index < -0.39 is 0 Å². The maximum atomic E-state index is 3.26. The van der Waals surface area contributed by atoms with E-state index in [1.54, 1.807) is 0 Å². The molecule has 0 nitrogen and oxygen atoms in total. The molecule has 0 aliphatic heterocycles. The minimum absolute atomic E-state index is 0. The van der Waals surface area contributed by atoms with E-state index in [4.69, 9.17) is 0 Å². The van der Waals surface area contributed by atoms with Gasteiger partial charge in [-0.05, 0) is 0 Å². The van der Waals surface area contributed by atoms with Crippen LogP contribution in [0.4, 0.5) is 0 Å². The Bertz CT molecular complexity index is 630. The SMILES string of the molecule is [C-]1=C/C(c2ccccc2)=C\[C-]=C\C(c2ccccc2)=C/1.[Na+].[Na+]. The summed E-state index contributed by atoms with van der Waals surface area (Å²) in [5, 5.41) is 0. The first-order valence-corrected chi connectivity index (χ1v) is 6.63. The molecule has 0 amide bonds. The van der Waals surface area contributed by atoms with E-state index in [9.17, 15) is 0 Å². The van der Waals surface area contributed by atoms with Crippen LogP contribution in [0, 0.1) is 12.2 Å². The van der Waals surface area contributed by atoms with Gasteiger partial charge in [-0.1, -0.05) is 71.8 Å². The summed E-state index contributed by atoms with van der Waals surface area (Å²) in [7, 11) is 0. The van der Waals surface area contributed by atoms with E-state index in [0.29, 0.717) is 0 Å². The van der Waals surface area contributed by atoms with Crippen molar-refractivity contribution in [1.82, 2.24) is 0 Å². The Morgan fingerprint density at radius 1 is 0.500 bits per heavy atom. The second-order valence-corrected chi connectivity index (χ2v) is 4.55. The third-order valence-corrected chi connectivity index (χ3v) is 3.17. The minimum atomic E-state index is 0. The van der Waals surface area contributed by atoms with Crippen molar-refractivity contribution in [2.24, 2.45) is 0 Å². The average Bonchev–Trinajstić information content (AvgIpc) is 2.49. The largest absolute Gasteiger partial charge is 1.00 e. The number of allylic oxidation sites excluding steroid dienone is 8. The second-order valence-electron chi connectivity index (χ2n) is 4.55. The smallest absolute Gasteiger partial charge is 0.183 e. The van der Waals surface area contributed by atoms with Gasteiger partial charge in [0.05, 0.1) is 0 Å². The van der Waals surface area contributed by atoms with Crippen molar-refractivity contribution in [3.63, 3.8) is 0 Å². The van der Waals surface area contributed by atoms with Crippen molar-refractivity contribution in [3.8, 4) is 0 Å². The van der Waals surface area contributed by atoms with Gasteiger partial charge >= 0.3 is 59.1 Å². The standard InChI is InChI=1S/C20H14.2Na/c1-3-9-17(10-4-1)19-13-7-15-20(16-8-14-19)18-11-5-2-6-12-18;;/h1-6,9-16H;;/q-2;2*+1/b19-13+,19-14?,20-15?,20-16+;;. The molecule has 0 fully saturated rings. The van der Waals surface area contributed by atoms with Crippen LogP contribution in [0.5, 0.6) is 0 Å². The minimum Gasteiger partial charge on any atom is -0.183 e. The topological polar surface area (TPSA) is 0 Å². The summed E-state index contributed by atoms with van der Waals surface area (Å²) < 4.78 is 0. The van der Waals surface area contributed by atoms with Gasteiger partial charge in [-0.15, -0.1) is 11.1 Å². The fourth-order valence-electron chi connectivity index (χ4n) is 2.12. The quantitative estimate of drug-likeness (QED) is 0.488. The molecule has 0 radical (unpaired) electrons. The normalized spacial score (nSPS) is 20.5. The van der Waals surface area contributed by atoms with E-state index in [1.165, 1.54) is 11.1 Å². The molecule has 3 rings (SSSR count). The van der Waals surface area contributed by atoms with E-state index in [1.807, 2.05) is 60.7 Å². The Balaban J connectivity index is 0.00000121. The van der Waals surface area contributed by atoms with Crippen molar-refractivity contribution in [2.75, 3.05) is 0 Å². The predicted molar refractivity (Wildman–Crippen MR) is 84.5 cm³/mol. The molecule has 0 N–H and O–H groups in total. The van der Waals surface area contributed by atoms with Crippen molar-refractivity contribution in [3.05, 3.63) is 108 Å². The van der Waals surface area contributed by atoms with Gasteiger partial charge in [-0.25, -0.2) is 0 Å². The van der Waals surface area contributed by atoms with Crippen LogP contribution in [0.1, 0.15) is 11.1 Å². The summed E-state index contributed by atoms with van der Waals surface area (Å²) in [6.45, 7) is 0. The van der Waals surface area contributed by atoms with Crippen LogP contribution >= 0.6 is 0 Å². The number of hydrogen-bond donors (Lipinski definition) is 0. The van der Waals surface area contributed by atoms with Gasteiger partial charge in [0.25, 0.3) is 0 Å². The van der Waals surface area contributed by atoms with E-state index in [0.717, 1.165) is 11.1 Å². The van der Waals surface area contributed by atoms with Gasteiger partial charge in [-0.3, -0.25) is 0 Å². The van der Waals surface area contributed by atoms with Crippen LogP contribution in [0.2, 0.25) is 0 Å². The fraction of sp³-hybridized carbons (Fsp3) is 0. The summed E-state index contributed by atoms with van der Waals surface area (Å²) in [6, 6.07) is 20.6. The van der Waals surface area contributed by atoms with Crippen LogP contribution in [-0.4, -0.2) is 0 Å². The maximum Gasteiger partial charge on any atom is 1.00 e. The van der Waals surface area contributed by atoms with Gasteiger partial charge in [0.2, 0.25) is 0 Å². The number of rotatable bonds is 2. The Labute approximate surface area is 176 Å². The zero-order valence-corrected chi connectivity index (χ0v) is 17.1. The molecule has 2 aromatic rings. The average molecular weight is 300 g/mol.